The van der Waals surface area contributed by atoms with Gasteiger partial charge >= 0.3 is 0 Å². The molecule has 0 saturated carbocycles. The fourth-order valence-corrected chi connectivity index (χ4v) is 1.03. The highest BCUT2D eigenvalue weighted by molar-refractivity contribution is 5.77. The summed E-state index contributed by atoms with van der Waals surface area (Å²) in [6.45, 7) is 5.28. The van der Waals surface area contributed by atoms with Crippen LogP contribution >= 0.6 is 0 Å². The van der Waals surface area contributed by atoms with Gasteiger partial charge in [-0.05, 0) is 13.3 Å². The Morgan fingerprint density at radius 3 is 2.69 bits per heavy atom. The maximum absolute atomic E-state index is 8.53. The van der Waals surface area contributed by atoms with Gasteiger partial charge in [-0.15, -0.1) is 0 Å². The summed E-state index contributed by atoms with van der Waals surface area (Å²) in [4.78, 5) is 1.81. The maximum atomic E-state index is 8.53. The van der Waals surface area contributed by atoms with Gasteiger partial charge < -0.3 is 20.6 Å². The van der Waals surface area contributed by atoms with Crippen molar-refractivity contribution >= 4 is 5.96 Å². The standard InChI is InChI=1S/C8H19N3O2/c1-4-7(2)11(5-6-13-3)8(9)10-12/h7,12H,4-6H2,1-3H3,(H2,9,10). The lowest BCUT2D eigenvalue weighted by atomic mass is 10.2. The molecular formula is C8H19N3O2. The maximum Gasteiger partial charge on any atom is 0.233 e. The molecule has 0 aromatic rings. The molecule has 0 aliphatic carbocycles. The van der Waals surface area contributed by atoms with Crippen LogP contribution in [-0.4, -0.2) is 42.4 Å². The van der Waals surface area contributed by atoms with Crippen molar-refractivity contribution in [2.24, 2.45) is 10.9 Å². The first-order valence-electron chi connectivity index (χ1n) is 4.40. The number of nitrogens with two attached hydrogens (primary N) is 1. The minimum atomic E-state index is 0.145. The van der Waals surface area contributed by atoms with Gasteiger partial charge in [-0.1, -0.05) is 12.1 Å². The normalized spacial score (nSPS) is 14.2. The van der Waals surface area contributed by atoms with Crippen molar-refractivity contribution in [3.63, 3.8) is 0 Å². The Morgan fingerprint density at radius 1 is 1.69 bits per heavy atom. The van der Waals surface area contributed by atoms with E-state index in [4.69, 9.17) is 15.7 Å². The summed E-state index contributed by atoms with van der Waals surface area (Å²) in [7, 11) is 1.63. The van der Waals surface area contributed by atoms with Crippen LogP contribution in [0.4, 0.5) is 0 Å². The number of rotatable bonds is 5. The topological polar surface area (TPSA) is 71.1 Å². The highest BCUT2D eigenvalue weighted by atomic mass is 16.5. The fraction of sp³-hybridized carbons (Fsp3) is 0.875. The Hall–Kier alpha value is -0.970. The van der Waals surface area contributed by atoms with E-state index in [1.165, 1.54) is 0 Å². The zero-order valence-corrected chi connectivity index (χ0v) is 8.53. The smallest absolute Gasteiger partial charge is 0.233 e. The molecule has 0 saturated heterocycles. The Kier molecular flexibility index (Phi) is 6.05. The van der Waals surface area contributed by atoms with Crippen LogP contribution in [0.25, 0.3) is 0 Å². The third-order valence-electron chi connectivity index (χ3n) is 2.06. The minimum absolute atomic E-state index is 0.145. The molecule has 0 aliphatic heterocycles. The molecule has 1 atom stereocenters. The molecule has 3 N–H and O–H groups in total. The third-order valence-corrected chi connectivity index (χ3v) is 2.06. The first-order valence-corrected chi connectivity index (χ1v) is 4.40. The van der Waals surface area contributed by atoms with Crippen LogP contribution < -0.4 is 5.73 Å². The van der Waals surface area contributed by atoms with Crippen molar-refractivity contribution < 1.29 is 9.94 Å². The first-order chi connectivity index (χ1) is 6.17. The first kappa shape index (κ1) is 12.0. The van der Waals surface area contributed by atoms with Gasteiger partial charge in [0.1, 0.15) is 0 Å². The molecule has 0 amide bonds. The molecule has 0 radical (unpaired) electrons. The van der Waals surface area contributed by atoms with E-state index < -0.39 is 0 Å². The summed E-state index contributed by atoms with van der Waals surface area (Å²) in [6.07, 6.45) is 0.944. The zero-order valence-electron chi connectivity index (χ0n) is 8.53. The molecule has 1 unspecified atom stereocenters. The molecule has 0 heterocycles. The quantitative estimate of drug-likeness (QED) is 0.285. The predicted octanol–water partition coefficient (Wildman–Crippen LogP) is 0.437. The van der Waals surface area contributed by atoms with Gasteiger partial charge in [-0.2, -0.15) is 0 Å². The van der Waals surface area contributed by atoms with Gasteiger partial charge in [0, 0.05) is 19.7 Å². The van der Waals surface area contributed by atoms with E-state index in [0.29, 0.717) is 13.2 Å². The molecule has 0 fully saturated rings. The number of oxime groups is 1. The highest BCUT2D eigenvalue weighted by Gasteiger charge is 2.13. The van der Waals surface area contributed by atoms with Gasteiger partial charge in [-0.25, -0.2) is 0 Å². The second-order valence-corrected chi connectivity index (χ2v) is 2.90. The van der Waals surface area contributed by atoms with Crippen LogP contribution in [0, 0.1) is 0 Å². The summed E-state index contributed by atoms with van der Waals surface area (Å²) < 4.78 is 4.93. The minimum Gasteiger partial charge on any atom is -0.408 e. The second kappa shape index (κ2) is 6.54. The Balaban J connectivity index is 4.18. The molecule has 0 aromatic carbocycles. The van der Waals surface area contributed by atoms with E-state index in [9.17, 15) is 0 Å². The lowest BCUT2D eigenvalue weighted by molar-refractivity contribution is 0.159. The van der Waals surface area contributed by atoms with Crippen LogP contribution in [0.2, 0.25) is 0 Å². The van der Waals surface area contributed by atoms with E-state index in [1.807, 2.05) is 11.8 Å². The average molecular weight is 189 g/mol. The van der Waals surface area contributed by atoms with Crippen LogP contribution in [0.3, 0.4) is 0 Å². The average Bonchev–Trinajstić information content (AvgIpc) is 2.17. The number of guanidine groups is 1. The predicted molar refractivity (Wildman–Crippen MR) is 51.7 cm³/mol. The lowest BCUT2D eigenvalue weighted by Gasteiger charge is -2.28. The molecule has 0 bridgehead atoms. The molecule has 0 rings (SSSR count). The fourth-order valence-electron chi connectivity index (χ4n) is 1.03. The number of methoxy groups -OCH3 is 1. The molecule has 0 spiro atoms. The second-order valence-electron chi connectivity index (χ2n) is 2.90. The molecular weight excluding hydrogens is 170 g/mol. The SMILES string of the molecule is CCC(C)N(CCOC)C(N)=NO. The number of hydrogen-bond donors (Lipinski definition) is 2. The molecule has 5 nitrogen and oxygen atoms in total. The Bertz CT molecular complexity index is 161. The lowest BCUT2D eigenvalue weighted by Crippen LogP contribution is -2.44. The zero-order chi connectivity index (χ0) is 10.3. The van der Waals surface area contributed by atoms with Crippen LogP contribution in [0.5, 0.6) is 0 Å². The van der Waals surface area contributed by atoms with Crippen LogP contribution in [-0.2, 0) is 4.74 Å². The summed E-state index contributed by atoms with van der Waals surface area (Å²) in [5.74, 6) is 0.145. The summed E-state index contributed by atoms with van der Waals surface area (Å²) in [5, 5.41) is 11.5. The molecule has 0 aliphatic rings. The number of hydrogen-bond acceptors (Lipinski definition) is 3. The monoisotopic (exact) mass is 189 g/mol. The molecule has 0 aromatic heterocycles. The van der Waals surface area contributed by atoms with E-state index in [0.717, 1.165) is 6.42 Å². The van der Waals surface area contributed by atoms with Crippen molar-refractivity contribution in [2.75, 3.05) is 20.3 Å². The summed E-state index contributed by atoms with van der Waals surface area (Å²) in [6, 6.07) is 0.256. The Morgan fingerprint density at radius 2 is 2.31 bits per heavy atom. The molecule has 5 heteroatoms. The van der Waals surface area contributed by atoms with Crippen molar-refractivity contribution in [1.29, 1.82) is 0 Å². The van der Waals surface area contributed by atoms with E-state index >= 15 is 0 Å². The van der Waals surface area contributed by atoms with Crippen molar-refractivity contribution in [3.05, 3.63) is 0 Å². The summed E-state index contributed by atoms with van der Waals surface area (Å²) in [5.41, 5.74) is 5.50. The Labute approximate surface area is 79.2 Å². The summed E-state index contributed by atoms with van der Waals surface area (Å²) >= 11 is 0. The molecule has 78 valence electrons. The van der Waals surface area contributed by atoms with E-state index in [2.05, 4.69) is 12.1 Å². The van der Waals surface area contributed by atoms with Gasteiger partial charge in [0.2, 0.25) is 5.96 Å². The number of nitrogens with zero attached hydrogens (tertiary/aromatic N) is 2. The highest BCUT2D eigenvalue weighted by Crippen LogP contribution is 2.02. The van der Waals surface area contributed by atoms with Gasteiger partial charge in [0.25, 0.3) is 0 Å². The van der Waals surface area contributed by atoms with Crippen molar-refractivity contribution in [3.8, 4) is 0 Å². The van der Waals surface area contributed by atoms with E-state index in [1.54, 1.807) is 7.11 Å². The third kappa shape index (κ3) is 3.98. The van der Waals surface area contributed by atoms with Crippen LogP contribution in [0.15, 0.2) is 5.16 Å². The largest absolute Gasteiger partial charge is 0.408 e. The van der Waals surface area contributed by atoms with Crippen molar-refractivity contribution in [1.82, 2.24) is 4.90 Å². The number of ether oxygens (including phenoxy) is 1. The van der Waals surface area contributed by atoms with Crippen molar-refractivity contribution in [2.45, 2.75) is 26.3 Å². The van der Waals surface area contributed by atoms with Crippen LogP contribution in [0.1, 0.15) is 20.3 Å². The van der Waals surface area contributed by atoms with Gasteiger partial charge in [-0.3, -0.25) is 0 Å². The molecule has 13 heavy (non-hydrogen) atoms. The van der Waals surface area contributed by atoms with Gasteiger partial charge in [0.05, 0.1) is 6.61 Å². The van der Waals surface area contributed by atoms with E-state index in [-0.39, 0.29) is 12.0 Å². The van der Waals surface area contributed by atoms with Gasteiger partial charge in [0.15, 0.2) is 0 Å².